The molecule has 1 heterocycles. The summed E-state index contributed by atoms with van der Waals surface area (Å²) in [5, 5.41) is 6.15. The molecule has 0 fully saturated rings. The molecule has 0 atom stereocenters. The third-order valence-electron chi connectivity index (χ3n) is 4.49. The normalized spacial score (nSPS) is 10.6. The number of pyridine rings is 1. The summed E-state index contributed by atoms with van der Waals surface area (Å²) in [4.78, 5) is 16.7. The highest BCUT2D eigenvalue weighted by Crippen LogP contribution is 2.18. The van der Waals surface area contributed by atoms with E-state index in [9.17, 15) is 4.79 Å². The number of rotatable bonds is 7. The number of anilines is 2. The molecule has 2 aromatic carbocycles. The van der Waals surface area contributed by atoms with Crippen molar-refractivity contribution < 1.29 is 9.53 Å². The lowest BCUT2D eigenvalue weighted by Crippen LogP contribution is -2.12. The van der Waals surface area contributed by atoms with Gasteiger partial charge >= 0.3 is 0 Å². The van der Waals surface area contributed by atoms with Gasteiger partial charge in [-0.05, 0) is 53.4 Å². The highest BCUT2D eigenvalue weighted by Gasteiger charge is 2.07. The van der Waals surface area contributed by atoms with Crippen LogP contribution in [0.2, 0.25) is 0 Å². The zero-order valence-corrected chi connectivity index (χ0v) is 16.4. The summed E-state index contributed by atoms with van der Waals surface area (Å²) in [7, 11) is 1.65. The Balaban J connectivity index is 1.56. The Labute approximate surface area is 165 Å². The van der Waals surface area contributed by atoms with Crippen molar-refractivity contribution in [3.8, 4) is 5.75 Å². The number of benzene rings is 2. The highest BCUT2D eigenvalue weighted by atomic mass is 16.5. The van der Waals surface area contributed by atoms with Crippen LogP contribution in [-0.4, -0.2) is 18.0 Å². The van der Waals surface area contributed by atoms with Crippen molar-refractivity contribution in [1.82, 2.24) is 4.98 Å². The number of nitrogens with one attached hydrogen (secondary N) is 2. The monoisotopic (exact) mass is 375 g/mol. The lowest BCUT2D eigenvalue weighted by atomic mass is 10.0. The third kappa shape index (κ3) is 5.10. The predicted octanol–water partition coefficient (Wildman–Crippen LogP) is 5.08. The molecule has 3 rings (SSSR count). The molecule has 3 aromatic rings. The van der Waals surface area contributed by atoms with E-state index in [0.29, 0.717) is 23.8 Å². The van der Waals surface area contributed by atoms with Gasteiger partial charge in [0, 0.05) is 18.4 Å². The zero-order chi connectivity index (χ0) is 19.9. The van der Waals surface area contributed by atoms with Crippen LogP contribution < -0.4 is 15.4 Å². The third-order valence-corrected chi connectivity index (χ3v) is 4.49. The SMILES string of the molecule is COc1ccc(CNc2ccc(C(=O)Nc3ccc(C(C)C)cc3)cn2)cc1. The second-order valence-electron chi connectivity index (χ2n) is 6.86. The number of methoxy groups -OCH3 is 1. The van der Waals surface area contributed by atoms with Crippen LogP contribution in [0.4, 0.5) is 11.5 Å². The van der Waals surface area contributed by atoms with Crippen molar-refractivity contribution in [2.45, 2.75) is 26.3 Å². The van der Waals surface area contributed by atoms with Crippen LogP contribution in [0.1, 0.15) is 41.3 Å². The number of carbonyl (C=O) groups is 1. The topological polar surface area (TPSA) is 63.2 Å². The Morgan fingerprint density at radius 1 is 1.00 bits per heavy atom. The Kier molecular flexibility index (Phi) is 6.27. The van der Waals surface area contributed by atoms with E-state index in [2.05, 4.69) is 29.5 Å². The van der Waals surface area contributed by atoms with E-state index >= 15 is 0 Å². The van der Waals surface area contributed by atoms with E-state index < -0.39 is 0 Å². The number of nitrogens with zero attached hydrogens (tertiary/aromatic N) is 1. The molecule has 5 nitrogen and oxygen atoms in total. The summed E-state index contributed by atoms with van der Waals surface area (Å²) in [6.45, 7) is 4.93. The van der Waals surface area contributed by atoms with Crippen molar-refractivity contribution in [3.63, 3.8) is 0 Å². The molecule has 1 aromatic heterocycles. The quantitative estimate of drug-likeness (QED) is 0.605. The van der Waals surface area contributed by atoms with Gasteiger partial charge < -0.3 is 15.4 Å². The summed E-state index contributed by atoms with van der Waals surface area (Å²) in [6, 6.07) is 19.3. The molecule has 0 radical (unpaired) electrons. The number of hydrogen-bond donors (Lipinski definition) is 2. The van der Waals surface area contributed by atoms with Crippen molar-refractivity contribution in [1.29, 1.82) is 0 Å². The smallest absolute Gasteiger partial charge is 0.257 e. The molecule has 0 spiro atoms. The van der Waals surface area contributed by atoms with E-state index in [0.717, 1.165) is 17.0 Å². The molecule has 144 valence electrons. The predicted molar refractivity (Wildman–Crippen MR) is 113 cm³/mol. The van der Waals surface area contributed by atoms with Gasteiger partial charge in [-0.1, -0.05) is 38.1 Å². The summed E-state index contributed by atoms with van der Waals surface area (Å²) in [5.74, 6) is 1.84. The summed E-state index contributed by atoms with van der Waals surface area (Å²) >= 11 is 0. The number of carbonyl (C=O) groups excluding carboxylic acids is 1. The number of aromatic nitrogens is 1. The Hall–Kier alpha value is -3.34. The first-order valence-electron chi connectivity index (χ1n) is 9.29. The first-order valence-corrected chi connectivity index (χ1v) is 9.29. The van der Waals surface area contributed by atoms with Crippen LogP contribution >= 0.6 is 0 Å². The summed E-state index contributed by atoms with van der Waals surface area (Å²) < 4.78 is 5.16. The molecule has 1 amide bonds. The average molecular weight is 375 g/mol. The first-order chi connectivity index (χ1) is 13.5. The molecule has 0 bridgehead atoms. The molecule has 28 heavy (non-hydrogen) atoms. The van der Waals surface area contributed by atoms with Crippen molar-refractivity contribution >= 4 is 17.4 Å². The van der Waals surface area contributed by atoms with Gasteiger partial charge in [-0.2, -0.15) is 0 Å². The van der Waals surface area contributed by atoms with E-state index in [1.807, 2.05) is 48.5 Å². The van der Waals surface area contributed by atoms with Crippen LogP contribution in [0.15, 0.2) is 66.9 Å². The largest absolute Gasteiger partial charge is 0.497 e. The maximum Gasteiger partial charge on any atom is 0.257 e. The molecule has 0 aliphatic carbocycles. The number of ether oxygens (including phenoxy) is 1. The van der Waals surface area contributed by atoms with Gasteiger partial charge in [0.25, 0.3) is 5.91 Å². The minimum atomic E-state index is -0.175. The molecule has 0 aliphatic heterocycles. The fourth-order valence-electron chi connectivity index (χ4n) is 2.72. The average Bonchev–Trinajstić information content (AvgIpc) is 2.73. The second-order valence-corrected chi connectivity index (χ2v) is 6.86. The van der Waals surface area contributed by atoms with E-state index in [4.69, 9.17) is 4.74 Å². The summed E-state index contributed by atoms with van der Waals surface area (Å²) in [6.07, 6.45) is 1.58. The molecule has 0 saturated carbocycles. The van der Waals surface area contributed by atoms with Crippen molar-refractivity contribution in [2.24, 2.45) is 0 Å². The van der Waals surface area contributed by atoms with Crippen LogP contribution in [0.3, 0.4) is 0 Å². The Morgan fingerprint density at radius 2 is 1.71 bits per heavy atom. The number of hydrogen-bond acceptors (Lipinski definition) is 4. The Morgan fingerprint density at radius 3 is 2.29 bits per heavy atom. The van der Waals surface area contributed by atoms with E-state index in [1.54, 1.807) is 25.4 Å². The Bertz CT molecular complexity index is 902. The van der Waals surface area contributed by atoms with Gasteiger partial charge in [0.1, 0.15) is 11.6 Å². The van der Waals surface area contributed by atoms with Crippen LogP contribution in [0.5, 0.6) is 5.75 Å². The van der Waals surface area contributed by atoms with Gasteiger partial charge in [0.2, 0.25) is 0 Å². The lowest BCUT2D eigenvalue weighted by Gasteiger charge is -2.09. The molecule has 0 unspecified atom stereocenters. The zero-order valence-electron chi connectivity index (χ0n) is 16.4. The van der Waals surface area contributed by atoms with Gasteiger partial charge in [0.05, 0.1) is 12.7 Å². The van der Waals surface area contributed by atoms with Gasteiger partial charge in [0.15, 0.2) is 0 Å². The molecular formula is C23H25N3O2. The maximum atomic E-state index is 12.4. The minimum absolute atomic E-state index is 0.175. The fourth-order valence-corrected chi connectivity index (χ4v) is 2.72. The number of amides is 1. The standard InChI is InChI=1S/C23H25N3O2/c1-16(2)18-6-9-20(10-7-18)26-23(27)19-8-13-22(25-15-19)24-14-17-4-11-21(28-3)12-5-17/h4-13,15-16H,14H2,1-3H3,(H,24,25)(H,26,27). The minimum Gasteiger partial charge on any atom is -0.497 e. The molecular weight excluding hydrogens is 350 g/mol. The van der Waals surface area contributed by atoms with Gasteiger partial charge in [-0.15, -0.1) is 0 Å². The van der Waals surface area contributed by atoms with Crippen molar-refractivity contribution in [2.75, 3.05) is 17.7 Å². The van der Waals surface area contributed by atoms with E-state index in [-0.39, 0.29) is 5.91 Å². The van der Waals surface area contributed by atoms with Crippen LogP contribution in [0.25, 0.3) is 0 Å². The molecule has 2 N–H and O–H groups in total. The highest BCUT2D eigenvalue weighted by molar-refractivity contribution is 6.04. The van der Waals surface area contributed by atoms with Gasteiger partial charge in [-0.25, -0.2) is 4.98 Å². The van der Waals surface area contributed by atoms with E-state index in [1.165, 1.54) is 5.56 Å². The first kappa shape index (κ1) is 19.4. The lowest BCUT2D eigenvalue weighted by molar-refractivity contribution is 0.102. The molecule has 5 heteroatoms. The molecule has 0 saturated heterocycles. The van der Waals surface area contributed by atoms with Crippen molar-refractivity contribution in [3.05, 3.63) is 83.6 Å². The summed E-state index contributed by atoms with van der Waals surface area (Å²) in [5.41, 5.74) is 3.65. The fraction of sp³-hybridized carbons (Fsp3) is 0.217. The molecule has 0 aliphatic rings. The van der Waals surface area contributed by atoms with Gasteiger partial charge in [-0.3, -0.25) is 4.79 Å². The van der Waals surface area contributed by atoms with Crippen LogP contribution in [0, 0.1) is 0 Å². The maximum absolute atomic E-state index is 12.4. The van der Waals surface area contributed by atoms with Crippen LogP contribution in [-0.2, 0) is 6.54 Å². The second kappa shape index (κ2) is 9.04.